The number of nitriles is 1. The average molecular weight is 380 g/mol. The molecule has 2 N–H and O–H groups in total. The van der Waals surface area contributed by atoms with Crippen LogP contribution in [0, 0.1) is 11.3 Å². The molecule has 0 spiro atoms. The minimum Gasteiger partial charge on any atom is -0.493 e. The Morgan fingerprint density at radius 3 is 2.57 bits per heavy atom. The highest BCUT2D eigenvalue weighted by Gasteiger charge is 2.11. The van der Waals surface area contributed by atoms with Crippen LogP contribution in [-0.2, 0) is 16.0 Å². The average Bonchev–Trinajstić information content (AvgIpc) is 2.71. The summed E-state index contributed by atoms with van der Waals surface area (Å²) in [5.41, 5.74) is 1.59. The molecule has 0 unspecified atom stereocenters. The summed E-state index contributed by atoms with van der Waals surface area (Å²) in [6.45, 7) is -0.0913. The molecule has 7 nitrogen and oxygen atoms in total. The van der Waals surface area contributed by atoms with Crippen LogP contribution in [0.4, 0.5) is 0 Å². The highest BCUT2D eigenvalue weighted by molar-refractivity contribution is 6.01. The van der Waals surface area contributed by atoms with Gasteiger partial charge in [-0.1, -0.05) is 36.4 Å². The molecule has 144 valence electrons. The molecule has 7 heteroatoms. The summed E-state index contributed by atoms with van der Waals surface area (Å²) in [7, 11) is 1.41. The van der Waals surface area contributed by atoms with E-state index < -0.39 is 18.5 Å². The minimum absolute atomic E-state index is 0.0469. The van der Waals surface area contributed by atoms with Crippen molar-refractivity contribution in [3.8, 4) is 17.6 Å². The Balaban J connectivity index is 2.04. The van der Waals surface area contributed by atoms with Crippen LogP contribution in [0.15, 0.2) is 54.1 Å². The highest BCUT2D eigenvalue weighted by Crippen LogP contribution is 2.28. The standard InChI is InChI=1S/C21H20N2O5/c1-27-19-12-16(7-8-18(19)28-14-20(24)25)11-17(13-22)21(26)23-10-9-15-5-3-2-4-6-15/h2-8,11-12H,9-10,14H2,1H3,(H,23,26)(H,24,25)/b17-11+. The first kappa shape index (κ1) is 20.5. The van der Waals surface area contributed by atoms with Crippen LogP contribution in [0.1, 0.15) is 11.1 Å². The van der Waals surface area contributed by atoms with E-state index in [0.29, 0.717) is 24.3 Å². The summed E-state index contributed by atoms with van der Waals surface area (Å²) < 4.78 is 10.3. The lowest BCUT2D eigenvalue weighted by molar-refractivity contribution is -0.139. The monoisotopic (exact) mass is 380 g/mol. The lowest BCUT2D eigenvalue weighted by Gasteiger charge is -2.10. The van der Waals surface area contributed by atoms with E-state index in [1.165, 1.54) is 19.3 Å². The SMILES string of the molecule is COc1cc(/C=C(\C#N)C(=O)NCCc2ccccc2)ccc1OCC(=O)O. The van der Waals surface area contributed by atoms with Crippen LogP contribution in [0.5, 0.6) is 11.5 Å². The number of carbonyl (C=O) groups excluding carboxylic acids is 1. The largest absolute Gasteiger partial charge is 0.493 e. The summed E-state index contributed by atoms with van der Waals surface area (Å²) in [5, 5.41) is 20.7. The van der Waals surface area contributed by atoms with E-state index in [4.69, 9.17) is 14.6 Å². The smallest absolute Gasteiger partial charge is 0.341 e. The number of nitrogens with one attached hydrogen (secondary N) is 1. The van der Waals surface area contributed by atoms with Gasteiger partial charge in [-0.25, -0.2) is 4.79 Å². The van der Waals surface area contributed by atoms with E-state index in [9.17, 15) is 14.9 Å². The summed E-state index contributed by atoms with van der Waals surface area (Å²) in [4.78, 5) is 22.9. The topological polar surface area (TPSA) is 109 Å². The lowest BCUT2D eigenvalue weighted by atomic mass is 10.1. The van der Waals surface area contributed by atoms with Crippen LogP contribution in [0.25, 0.3) is 6.08 Å². The van der Waals surface area contributed by atoms with Crippen molar-refractivity contribution < 1.29 is 24.2 Å². The highest BCUT2D eigenvalue weighted by atomic mass is 16.5. The van der Waals surface area contributed by atoms with Gasteiger partial charge in [0.1, 0.15) is 11.6 Å². The van der Waals surface area contributed by atoms with Crippen molar-refractivity contribution in [1.29, 1.82) is 5.26 Å². The van der Waals surface area contributed by atoms with Crippen LogP contribution >= 0.6 is 0 Å². The fourth-order valence-corrected chi connectivity index (χ4v) is 2.41. The number of hydrogen-bond donors (Lipinski definition) is 2. The molecule has 0 heterocycles. The number of methoxy groups -OCH3 is 1. The molecule has 0 saturated heterocycles. The zero-order chi connectivity index (χ0) is 20.4. The fourth-order valence-electron chi connectivity index (χ4n) is 2.41. The van der Waals surface area contributed by atoms with E-state index >= 15 is 0 Å². The number of aliphatic carboxylic acids is 1. The number of rotatable bonds is 9. The fraction of sp³-hybridized carbons (Fsp3) is 0.190. The van der Waals surface area contributed by atoms with Gasteiger partial charge in [0, 0.05) is 6.54 Å². The maximum Gasteiger partial charge on any atom is 0.341 e. The zero-order valence-corrected chi connectivity index (χ0v) is 15.3. The predicted octanol–water partition coefficient (Wildman–Crippen LogP) is 2.42. The molecule has 0 aliphatic rings. The van der Waals surface area contributed by atoms with E-state index in [2.05, 4.69) is 5.32 Å². The third-order valence-electron chi connectivity index (χ3n) is 3.76. The van der Waals surface area contributed by atoms with E-state index in [1.807, 2.05) is 36.4 Å². The predicted molar refractivity (Wildman–Crippen MR) is 103 cm³/mol. The molecule has 2 aromatic carbocycles. The van der Waals surface area contributed by atoms with Gasteiger partial charge < -0.3 is 19.9 Å². The Hall–Kier alpha value is -3.79. The molecule has 2 rings (SSSR count). The maximum absolute atomic E-state index is 12.2. The van der Waals surface area contributed by atoms with Crippen LogP contribution in [0.3, 0.4) is 0 Å². The van der Waals surface area contributed by atoms with Crippen molar-refractivity contribution in [2.45, 2.75) is 6.42 Å². The second kappa shape index (κ2) is 10.4. The summed E-state index contributed by atoms with van der Waals surface area (Å²) in [6, 6.07) is 16.3. The van der Waals surface area contributed by atoms with E-state index in [-0.39, 0.29) is 11.3 Å². The molecule has 0 fully saturated rings. The third kappa shape index (κ3) is 6.18. The minimum atomic E-state index is -1.11. The molecule has 1 amide bonds. The quantitative estimate of drug-likeness (QED) is 0.511. The Bertz CT molecular complexity index is 901. The first-order chi connectivity index (χ1) is 13.5. The molecule has 0 atom stereocenters. The molecular weight excluding hydrogens is 360 g/mol. The van der Waals surface area contributed by atoms with Gasteiger partial charge in [0.25, 0.3) is 5.91 Å². The number of hydrogen-bond acceptors (Lipinski definition) is 5. The van der Waals surface area contributed by atoms with Crippen LogP contribution in [-0.4, -0.2) is 37.2 Å². The molecule has 2 aromatic rings. The number of amides is 1. The normalized spacial score (nSPS) is 10.6. The van der Waals surface area contributed by atoms with E-state index in [1.54, 1.807) is 12.1 Å². The summed E-state index contributed by atoms with van der Waals surface area (Å²) in [5.74, 6) is -1.02. The summed E-state index contributed by atoms with van der Waals surface area (Å²) >= 11 is 0. The van der Waals surface area contributed by atoms with Gasteiger partial charge in [0.05, 0.1) is 7.11 Å². The molecule has 0 aliphatic heterocycles. The van der Waals surface area contributed by atoms with Gasteiger partial charge in [-0.3, -0.25) is 4.79 Å². The van der Waals surface area contributed by atoms with E-state index in [0.717, 1.165) is 5.56 Å². The Labute approximate surface area is 162 Å². The zero-order valence-electron chi connectivity index (χ0n) is 15.3. The number of carbonyl (C=O) groups is 2. The lowest BCUT2D eigenvalue weighted by Crippen LogP contribution is -2.26. The Morgan fingerprint density at radius 2 is 1.93 bits per heavy atom. The molecule has 0 aliphatic carbocycles. The summed E-state index contributed by atoms with van der Waals surface area (Å²) in [6.07, 6.45) is 2.09. The maximum atomic E-state index is 12.2. The number of nitrogens with zero attached hydrogens (tertiary/aromatic N) is 1. The first-order valence-corrected chi connectivity index (χ1v) is 8.50. The van der Waals surface area contributed by atoms with Gasteiger partial charge in [0.15, 0.2) is 18.1 Å². The number of carboxylic acid groups (broad SMARTS) is 1. The second-order valence-electron chi connectivity index (χ2n) is 5.75. The molecule has 28 heavy (non-hydrogen) atoms. The Kier molecular flexibility index (Phi) is 7.61. The molecule has 0 aromatic heterocycles. The van der Waals surface area contributed by atoms with Crippen molar-refractivity contribution in [3.63, 3.8) is 0 Å². The number of benzene rings is 2. The van der Waals surface area contributed by atoms with Gasteiger partial charge in [-0.15, -0.1) is 0 Å². The van der Waals surface area contributed by atoms with Crippen LogP contribution < -0.4 is 14.8 Å². The Morgan fingerprint density at radius 1 is 1.18 bits per heavy atom. The third-order valence-corrected chi connectivity index (χ3v) is 3.76. The van der Waals surface area contributed by atoms with Crippen molar-refractivity contribution in [2.75, 3.05) is 20.3 Å². The molecule has 0 saturated carbocycles. The van der Waals surface area contributed by atoms with Gasteiger partial charge in [0.2, 0.25) is 0 Å². The first-order valence-electron chi connectivity index (χ1n) is 8.50. The van der Waals surface area contributed by atoms with Crippen LogP contribution in [0.2, 0.25) is 0 Å². The molecule has 0 bridgehead atoms. The van der Waals surface area contributed by atoms with Crippen molar-refractivity contribution in [2.24, 2.45) is 0 Å². The van der Waals surface area contributed by atoms with Gasteiger partial charge >= 0.3 is 5.97 Å². The second-order valence-corrected chi connectivity index (χ2v) is 5.75. The van der Waals surface area contributed by atoms with Gasteiger partial charge in [-0.05, 0) is 35.8 Å². The van der Waals surface area contributed by atoms with Crippen molar-refractivity contribution in [1.82, 2.24) is 5.32 Å². The van der Waals surface area contributed by atoms with Gasteiger partial charge in [-0.2, -0.15) is 5.26 Å². The number of carboxylic acids is 1. The van der Waals surface area contributed by atoms with Crippen molar-refractivity contribution in [3.05, 3.63) is 65.2 Å². The molecular formula is C21H20N2O5. The molecule has 0 radical (unpaired) electrons. The number of ether oxygens (including phenoxy) is 2. The van der Waals surface area contributed by atoms with Crippen molar-refractivity contribution >= 4 is 18.0 Å².